The van der Waals surface area contributed by atoms with E-state index in [1.54, 1.807) is 0 Å². The number of carbonyl (C=O) groups excluding carboxylic acids is 1. The molecule has 1 saturated carbocycles. The normalized spacial score (nSPS) is 24.5. The first-order valence-corrected chi connectivity index (χ1v) is 6.49. The molecule has 0 radical (unpaired) electrons. The first kappa shape index (κ1) is 11.9. The van der Waals surface area contributed by atoms with E-state index in [0.717, 1.165) is 38.6 Å². The highest BCUT2D eigenvalue weighted by Crippen LogP contribution is 2.27. The molecule has 1 aliphatic heterocycles. The lowest BCUT2D eigenvalue weighted by Gasteiger charge is -2.36. The van der Waals surface area contributed by atoms with Gasteiger partial charge in [0.2, 0.25) is 5.91 Å². The van der Waals surface area contributed by atoms with Crippen LogP contribution in [-0.4, -0.2) is 54.5 Å². The van der Waals surface area contributed by atoms with Crippen molar-refractivity contribution in [2.45, 2.75) is 32.2 Å². The molecule has 0 aromatic heterocycles. The summed E-state index contributed by atoms with van der Waals surface area (Å²) in [6.07, 6.45) is 3.57. The molecule has 1 saturated heterocycles. The summed E-state index contributed by atoms with van der Waals surface area (Å²) in [7, 11) is 0. The van der Waals surface area contributed by atoms with E-state index < -0.39 is 0 Å². The van der Waals surface area contributed by atoms with Gasteiger partial charge in [-0.25, -0.2) is 0 Å². The summed E-state index contributed by atoms with van der Waals surface area (Å²) >= 11 is 0. The number of nitrogens with two attached hydrogens (primary N) is 1. The molecule has 2 N–H and O–H groups in total. The molecule has 0 spiro atoms. The van der Waals surface area contributed by atoms with Crippen LogP contribution in [0.1, 0.15) is 26.2 Å². The molecule has 4 heteroatoms. The van der Waals surface area contributed by atoms with Crippen LogP contribution in [0.25, 0.3) is 0 Å². The maximum atomic E-state index is 12.1. The molecule has 0 bridgehead atoms. The predicted molar refractivity (Wildman–Crippen MR) is 64.0 cm³/mol. The number of rotatable bonds is 4. The largest absolute Gasteiger partial charge is 0.340 e. The van der Waals surface area contributed by atoms with Crippen molar-refractivity contribution in [3.63, 3.8) is 0 Å². The second kappa shape index (κ2) is 5.15. The summed E-state index contributed by atoms with van der Waals surface area (Å²) < 4.78 is 0. The van der Waals surface area contributed by atoms with Gasteiger partial charge in [0, 0.05) is 38.8 Å². The van der Waals surface area contributed by atoms with Crippen molar-refractivity contribution in [3.8, 4) is 0 Å². The van der Waals surface area contributed by atoms with Gasteiger partial charge < -0.3 is 10.6 Å². The van der Waals surface area contributed by atoms with Crippen LogP contribution in [0.2, 0.25) is 0 Å². The molecule has 1 heterocycles. The van der Waals surface area contributed by atoms with Crippen LogP contribution < -0.4 is 5.73 Å². The van der Waals surface area contributed by atoms with Gasteiger partial charge in [0.25, 0.3) is 0 Å². The van der Waals surface area contributed by atoms with Gasteiger partial charge in [0.05, 0.1) is 5.92 Å². The molecule has 92 valence electrons. The topological polar surface area (TPSA) is 49.6 Å². The van der Waals surface area contributed by atoms with Gasteiger partial charge >= 0.3 is 0 Å². The molecule has 1 amide bonds. The third kappa shape index (κ3) is 2.55. The van der Waals surface area contributed by atoms with E-state index in [0.29, 0.717) is 6.54 Å². The van der Waals surface area contributed by atoms with Crippen LogP contribution in [0.4, 0.5) is 0 Å². The third-order valence-electron chi connectivity index (χ3n) is 3.82. The number of amides is 1. The molecular formula is C12H23N3O. The Kier molecular flexibility index (Phi) is 3.82. The smallest absolute Gasteiger partial charge is 0.227 e. The van der Waals surface area contributed by atoms with Crippen molar-refractivity contribution < 1.29 is 4.79 Å². The van der Waals surface area contributed by atoms with Crippen molar-refractivity contribution in [1.82, 2.24) is 9.80 Å². The molecular weight excluding hydrogens is 202 g/mol. The molecule has 16 heavy (non-hydrogen) atoms. The number of nitrogens with zero attached hydrogens (tertiary/aromatic N) is 2. The van der Waals surface area contributed by atoms with Crippen LogP contribution >= 0.6 is 0 Å². The molecule has 2 rings (SSSR count). The third-order valence-corrected chi connectivity index (χ3v) is 3.82. The van der Waals surface area contributed by atoms with E-state index in [1.807, 2.05) is 11.8 Å². The average Bonchev–Trinajstić information content (AvgIpc) is 3.15. The highest BCUT2D eigenvalue weighted by Gasteiger charge is 2.33. The van der Waals surface area contributed by atoms with E-state index in [-0.39, 0.29) is 11.8 Å². The Balaban J connectivity index is 1.80. The predicted octanol–water partition coefficient (Wildman–Crippen LogP) is 0.278. The standard InChI is InChI=1S/C12H23N3O/c1-2-10(9-13)12(16)15-7-5-14(6-8-15)11-3-4-11/h10-11H,2-9,13H2,1H3. The fourth-order valence-corrected chi connectivity index (χ4v) is 2.45. The zero-order valence-corrected chi connectivity index (χ0v) is 10.2. The lowest BCUT2D eigenvalue weighted by atomic mass is 10.0. The van der Waals surface area contributed by atoms with Crippen LogP contribution in [0.5, 0.6) is 0 Å². The van der Waals surface area contributed by atoms with Gasteiger partial charge in [-0.2, -0.15) is 0 Å². The van der Waals surface area contributed by atoms with E-state index in [9.17, 15) is 4.79 Å². The van der Waals surface area contributed by atoms with E-state index >= 15 is 0 Å². The van der Waals surface area contributed by atoms with Crippen molar-refractivity contribution in [2.24, 2.45) is 11.7 Å². The highest BCUT2D eigenvalue weighted by atomic mass is 16.2. The average molecular weight is 225 g/mol. The van der Waals surface area contributed by atoms with Crippen molar-refractivity contribution in [1.29, 1.82) is 0 Å². The zero-order valence-electron chi connectivity index (χ0n) is 10.2. The maximum Gasteiger partial charge on any atom is 0.227 e. The molecule has 1 atom stereocenters. The zero-order chi connectivity index (χ0) is 11.5. The molecule has 4 nitrogen and oxygen atoms in total. The summed E-state index contributed by atoms with van der Waals surface area (Å²) in [5, 5.41) is 0. The van der Waals surface area contributed by atoms with Gasteiger partial charge in [-0.1, -0.05) is 6.92 Å². The SMILES string of the molecule is CCC(CN)C(=O)N1CCN(C2CC2)CC1. The molecule has 1 aliphatic carbocycles. The number of hydrogen-bond donors (Lipinski definition) is 1. The summed E-state index contributed by atoms with van der Waals surface area (Å²) in [5.74, 6) is 0.299. The summed E-state index contributed by atoms with van der Waals surface area (Å²) in [6.45, 7) is 6.42. The highest BCUT2D eigenvalue weighted by molar-refractivity contribution is 5.79. The Morgan fingerprint density at radius 3 is 2.38 bits per heavy atom. The van der Waals surface area contributed by atoms with Crippen LogP contribution in [0, 0.1) is 5.92 Å². The Morgan fingerprint density at radius 2 is 1.94 bits per heavy atom. The molecule has 2 aliphatic rings. The molecule has 1 unspecified atom stereocenters. The lowest BCUT2D eigenvalue weighted by Crippen LogP contribution is -2.51. The first-order valence-electron chi connectivity index (χ1n) is 6.49. The second-order valence-corrected chi connectivity index (χ2v) is 4.93. The van der Waals surface area contributed by atoms with Crippen LogP contribution in [-0.2, 0) is 4.79 Å². The monoisotopic (exact) mass is 225 g/mol. The van der Waals surface area contributed by atoms with Crippen molar-refractivity contribution in [2.75, 3.05) is 32.7 Å². The van der Waals surface area contributed by atoms with Gasteiger partial charge in [-0.15, -0.1) is 0 Å². The first-order chi connectivity index (χ1) is 7.76. The van der Waals surface area contributed by atoms with Crippen LogP contribution in [0.15, 0.2) is 0 Å². The second-order valence-electron chi connectivity index (χ2n) is 4.93. The van der Waals surface area contributed by atoms with E-state index in [4.69, 9.17) is 5.73 Å². The summed E-state index contributed by atoms with van der Waals surface area (Å²) in [5.41, 5.74) is 5.62. The minimum absolute atomic E-state index is 0.0347. The number of carbonyl (C=O) groups is 1. The summed E-state index contributed by atoms with van der Waals surface area (Å²) in [4.78, 5) is 16.6. The Bertz CT molecular complexity index is 241. The van der Waals surface area contributed by atoms with Crippen molar-refractivity contribution >= 4 is 5.91 Å². The Labute approximate surface area is 97.8 Å². The van der Waals surface area contributed by atoms with Crippen molar-refractivity contribution in [3.05, 3.63) is 0 Å². The number of hydrogen-bond acceptors (Lipinski definition) is 3. The summed E-state index contributed by atoms with van der Waals surface area (Å²) in [6, 6.07) is 0.828. The fourth-order valence-electron chi connectivity index (χ4n) is 2.45. The molecule has 2 fully saturated rings. The lowest BCUT2D eigenvalue weighted by molar-refractivity contribution is -0.137. The van der Waals surface area contributed by atoms with E-state index in [1.165, 1.54) is 12.8 Å². The molecule has 0 aromatic carbocycles. The Morgan fingerprint density at radius 1 is 1.31 bits per heavy atom. The maximum absolute atomic E-state index is 12.1. The minimum Gasteiger partial charge on any atom is -0.340 e. The van der Waals surface area contributed by atoms with Gasteiger partial charge in [-0.05, 0) is 19.3 Å². The Hall–Kier alpha value is -0.610. The molecule has 0 aromatic rings. The van der Waals surface area contributed by atoms with Crippen LogP contribution in [0.3, 0.4) is 0 Å². The fraction of sp³-hybridized carbons (Fsp3) is 0.917. The van der Waals surface area contributed by atoms with Gasteiger partial charge in [-0.3, -0.25) is 9.69 Å². The van der Waals surface area contributed by atoms with Gasteiger partial charge in [0.1, 0.15) is 0 Å². The minimum atomic E-state index is 0.0347. The van der Waals surface area contributed by atoms with Gasteiger partial charge in [0.15, 0.2) is 0 Å². The quantitative estimate of drug-likeness (QED) is 0.747. The number of piperazine rings is 1. The van der Waals surface area contributed by atoms with E-state index in [2.05, 4.69) is 4.90 Å².